The van der Waals surface area contributed by atoms with Gasteiger partial charge in [-0.1, -0.05) is 12.1 Å². The highest BCUT2D eigenvalue weighted by atomic mass is 32.1. The minimum atomic E-state index is 0.562. The van der Waals surface area contributed by atoms with Crippen LogP contribution in [0.1, 0.15) is 15.7 Å². The first-order valence-corrected chi connectivity index (χ1v) is 7.36. The number of rotatable bonds is 2. The summed E-state index contributed by atoms with van der Waals surface area (Å²) in [6.45, 7) is 1.95. The molecule has 0 N–H and O–H groups in total. The molecular formula is C14H9N3S2. The Bertz CT molecular complexity index is 772. The van der Waals surface area contributed by atoms with E-state index in [2.05, 4.69) is 16.0 Å². The topological polar surface area (TPSA) is 49.6 Å². The van der Waals surface area contributed by atoms with Crippen LogP contribution in [0.5, 0.6) is 0 Å². The van der Waals surface area contributed by atoms with Crippen LogP contribution >= 0.6 is 22.7 Å². The van der Waals surface area contributed by atoms with Gasteiger partial charge in [-0.3, -0.25) is 0 Å². The third-order valence-corrected chi connectivity index (χ3v) is 4.44. The molecule has 2 aromatic heterocycles. The van der Waals surface area contributed by atoms with Gasteiger partial charge in [-0.05, 0) is 25.1 Å². The maximum Gasteiger partial charge on any atom is 0.135 e. The molecule has 3 nitrogen and oxygen atoms in total. The quantitative estimate of drug-likeness (QED) is 0.664. The summed E-state index contributed by atoms with van der Waals surface area (Å²) in [4.78, 5) is 8.84. The highest BCUT2D eigenvalue weighted by molar-refractivity contribution is 7.19. The molecule has 0 bridgehead atoms. The molecule has 0 spiro atoms. The molecule has 1 aromatic carbocycles. The first-order chi connectivity index (χ1) is 9.26. The van der Waals surface area contributed by atoms with E-state index in [4.69, 9.17) is 0 Å². The van der Waals surface area contributed by atoms with E-state index in [0.717, 1.165) is 25.9 Å². The predicted molar refractivity (Wildman–Crippen MR) is 80.0 cm³/mol. The fourth-order valence-corrected chi connectivity index (χ4v) is 3.23. The second kappa shape index (κ2) is 4.92. The lowest BCUT2D eigenvalue weighted by molar-refractivity contribution is 1.27. The Labute approximate surface area is 118 Å². The van der Waals surface area contributed by atoms with Gasteiger partial charge in [0.2, 0.25) is 0 Å². The summed E-state index contributed by atoms with van der Waals surface area (Å²) in [6, 6.07) is 10.1. The van der Waals surface area contributed by atoms with Gasteiger partial charge in [0, 0.05) is 5.38 Å². The standard InChI is InChI=1S/C14H9N3S2/c1-9-16-11(8-18-9)6-10(7-15)14-17-12-4-2-3-5-13(12)19-14/h2-6,8H,1H3/b10-6+. The molecule has 3 rings (SSSR count). The SMILES string of the molecule is Cc1nc(/C=C(\C#N)c2nc3ccccc3s2)cs1. The van der Waals surface area contributed by atoms with Gasteiger partial charge in [0.25, 0.3) is 0 Å². The Morgan fingerprint density at radius 3 is 2.84 bits per heavy atom. The van der Waals surface area contributed by atoms with E-state index in [1.165, 1.54) is 11.3 Å². The molecule has 0 aliphatic carbocycles. The van der Waals surface area contributed by atoms with Crippen molar-refractivity contribution in [1.82, 2.24) is 9.97 Å². The molecule has 0 unspecified atom stereocenters. The molecule has 2 heterocycles. The number of nitriles is 1. The summed E-state index contributed by atoms with van der Waals surface area (Å²) in [5.74, 6) is 0. The van der Waals surface area contributed by atoms with Gasteiger partial charge in [0.05, 0.1) is 26.5 Å². The fourth-order valence-electron chi connectivity index (χ4n) is 1.72. The van der Waals surface area contributed by atoms with Crippen LogP contribution in [0.25, 0.3) is 21.9 Å². The van der Waals surface area contributed by atoms with E-state index >= 15 is 0 Å². The molecule has 3 aromatic rings. The van der Waals surface area contributed by atoms with Crippen molar-refractivity contribution in [3.63, 3.8) is 0 Å². The molecule has 0 aliphatic heterocycles. The van der Waals surface area contributed by atoms with Crippen molar-refractivity contribution < 1.29 is 0 Å². The molecule has 0 fully saturated rings. The van der Waals surface area contributed by atoms with Crippen molar-refractivity contribution in [2.45, 2.75) is 6.92 Å². The first kappa shape index (κ1) is 12.0. The van der Waals surface area contributed by atoms with E-state index in [1.807, 2.05) is 36.6 Å². The first-order valence-electron chi connectivity index (χ1n) is 5.66. The smallest absolute Gasteiger partial charge is 0.135 e. The minimum Gasteiger partial charge on any atom is -0.242 e. The number of hydrogen-bond donors (Lipinski definition) is 0. The molecule has 0 aliphatic rings. The number of allylic oxidation sites excluding steroid dienone is 1. The van der Waals surface area contributed by atoms with Crippen LogP contribution in [-0.2, 0) is 0 Å². The van der Waals surface area contributed by atoms with Gasteiger partial charge in [-0.2, -0.15) is 5.26 Å². The molecular weight excluding hydrogens is 274 g/mol. The van der Waals surface area contributed by atoms with Gasteiger partial charge < -0.3 is 0 Å². The van der Waals surface area contributed by atoms with Crippen LogP contribution < -0.4 is 0 Å². The van der Waals surface area contributed by atoms with E-state index in [0.29, 0.717) is 5.57 Å². The van der Waals surface area contributed by atoms with Crippen LogP contribution in [0, 0.1) is 18.3 Å². The summed E-state index contributed by atoms with van der Waals surface area (Å²) in [6.07, 6.45) is 1.79. The van der Waals surface area contributed by atoms with Gasteiger partial charge in [0.1, 0.15) is 11.1 Å². The summed E-state index contributed by atoms with van der Waals surface area (Å²) < 4.78 is 1.09. The van der Waals surface area contributed by atoms with Gasteiger partial charge in [-0.15, -0.1) is 22.7 Å². The lowest BCUT2D eigenvalue weighted by Gasteiger charge is -1.90. The molecule has 92 valence electrons. The third-order valence-electron chi connectivity index (χ3n) is 2.57. The fraction of sp³-hybridized carbons (Fsp3) is 0.0714. The number of fused-ring (bicyclic) bond motifs is 1. The zero-order chi connectivity index (χ0) is 13.2. The van der Waals surface area contributed by atoms with Crippen LogP contribution in [0.15, 0.2) is 29.6 Å². The van der Waals surface area contributed by atoms with E-state index < -0.39 is 0 Å². The van der Waals surface area contributed by atoms with Crippen LogP contribution in [0.2, 0.25) is 0 Å². The van der Waals surface area contributed by atoms with Crippen molar-refractivity contribution >= 4 is 44.5 Å². The van der Waals surface area contributed by atoms with Crippen molar-refractivity contribution in [1.29, 1.82) is 5.26 Å². The van der Waals surface area contributed by atoms with Crippen LogP contribution in [-0.4, -0.2) is 9.97 Å². The average Bonchev–Trinajstić information content (AvgIpc) is 3.01. The van der Waals surface area contributed by atoms with Crippen LogP contribution in [0.4, 0.5) is 0 Å². The van der Waals surface area contributed by atoms with Crippen molar-refractivity contribution in [2.75, 3.05) is 0 Å². The molecule has 0 atom stereocenters. The highest BCUT2D eigenvalue weighted by Crippen LogP contribution is 2.28. The number of benzene rings is 1. The third kappa shape index (κ3) is 2.41. The van der Waals surface area contributed by atoms with E-state index in [1.54, 1.807) is 17.4 Å². The Balaban J connectivity index is 2.07. The number of aromatic nitrogens is 2. The maximum atomic E-state index is 9.30. The average molecular weight is 283 g/mol. The summed E-state index contributed by atoms with van der Waals surface area (Å²) in [5, 5.41) is 13.0. The minimum absolute atomic E-state index is 0.562. The second-order valence-corrected chi connectivity index (χ2v) is 6.04. The number of hydrogen-bond acceptors (Lipinski definition) is 5. The summed E-state index contributed by atoms with van der Waals surface area (Å²) in [7, 11) is 0. The Morgan fingerprint density at radius 2 is 2.16 bits per heavy atom. The zero-order valence-electron chi connectivity index (χ0n) is 10.1. The normalized spacial score (nSPS) is 11.7. The number of thiazole rings is 2. The summed E-state index contributed by atoms with van der Waals surface area (Å²) in [5.41, 5.74) is 2.31. The Hall–Kier alpha value is -2.03. The highest BCUT2D eigenvalue weighted by Gasteiger charge is 2.09. The molecule has 5 heteroatoms. The lowest BCUT2D eigenvalue weighted by atomic mass is 10.2. The van der Waals surface area contributed by atoms with Crippen LogP contribution in [0.3, 0.4) is 0 Å². The Kier molecular flexibility index (Phi) is 3.11. The number of aryl methyl sites for hydroxylation is 1. The lowest BCUT2D eigenvalue weighted by Crippen LogP contribution is -1.80. The Morgan fingerprint density at radius 1 is 1.32 bits per heavy atom. The van der Waals surface area contributed by atoms with E-state index in [9.17, 15) is 5.26 Å². The zero-order valence-corrected chi connectivity index (χ0v) is 11.8. The largest absolute Gasteiger partial charge is 0.242 e. The molecule has 19 heavy (non-hydrogen) atoms. The molecule has 0 radical (unpaired) electrons. The number of nitrogens with zero attached hydrogens (tertiary/aromatic N) is 3. The van der Waals surface area contributed by atoms with E-state index in [-0.39, 0.29) is 0 Å². The maximum absolute atomic E-state index is 9.30. The van der Waals surface area contributed by atoms with Gasteiger partial charge in [0.15, 0.2) is 0 Å². The van der Waals surface area contributed by atoms with Crippen molar-refractivity contribution in [3.05, 3.63) is 45.4 Å². The van der Waals surface area contributed by atoms with Gasteiger partial charge >= 0.3 is 0 Å². The molecule has 0 saturated heterocycles. The predicted octanol–water partition coefficient (Wildman–Crippen LogP) is 4.13. The monoisotopic (exact) mass is 283 g/mol. The molecule has 0 saturated carbocycles. The van der Waals surface area contributed by atoms with Crippen molar-refractivity contribution in [2.24, 2.45) is 0 Å². The summed E-state index contributed by atoms with van der Waals surface area (Å²) >= 11 is 3.10. The molecule has 0 amide bonds. The second-order valence-electron chi connectivity index (χ2n) is 3.95. The number of para-hydroxylation sites is 1. The van der Waals surface area contributed by atoms with Gasteiger partial charge in [-0.25, -0.2) is 9.97 Å². The van der Waals surface area contributed by atoms with Crippen molar-refractivity contribution in [3.8, 4) is 6.07 Å².